The van der Waals surface area contributed by atoms with Crippen molar-refractivity contribution in [2.24, 2.45) is 0 Å². The lowest BCUT2D eigenvalue weighted by atomic mass is 9.96. The van der Waals surface area contributed by atoms with Crippen LogP contribution in [0.25, 0.3) is 16.9 Å². The number of fused-ring (bicyclic) bond motifs is 1. The maximum atomic E-state index is 11.3. The lowest BCUT2D eigenvalue weighted by Gasteiger charge is -2.10. The van der Waals surface area contributed by atoms with Crippen LogP contribution in [-0.2, 0) is 11.2 Å². The first-order valence-electron chi connectivity index (χ1n) is 7.42. The van der Waals surface area contributed by atoms with E-state index < -0.39 is 5.97 Å². The van der Waals surface area contributed by atoms with Gasteiger partial charge in [0.05, 0.1) is 5.57 Å². The molecule has 0 amide bonds. The van der Waals surface area contributed by atoms with Crippen molar-refractivity contribution >= 4 is 11.7 Å². The van der Waals surface area contributed by atoms with Crippen LogP contribution in [0.15, 0.2) is 48.0 Å². The van der Waals surface area contributed by atoms with Gasteiger partial charge in [0.2, 0.25) is 0 Å². The molecule has 0 fully saturated rings. The van der Waals surface area contributed by atoms with Crippen LogP contribution in [0, 0.1) is 6.92 Å². The molecule has 0 saturated carbocycles. The maximum Gasteiger partial charge on any atom is 0.335 e. The molecule has 1 aliphatic carbocycles. The molecule has 0 unspecified atom stereocenters. The highest BCUT2D eigenvalue weighted by Gasteiger charge is 2.21. The summed E-state index contributed by atoms with van der Waals surface area (Å²) in [6.07, 6.45) is 1.92. The summed E-state index contributed by atoms with van der Waals surface area (Å²) < 4.78 is 0. The molecule has 112 valence electrons. The van der Waals surface area contributed by atoms with Crippen molar-refractivity contribution in [2.45, 2.75) is 26.2 Å². The molecule has 2 aromatic rings. The lowest BCUT2D eigenvalue weighted by molar-refractivity contribution is -0.132. The molecule has 3 rings (SSSR count). The zero-order valence-electron chi connectivity index (χ0n) is 12.5. The molecule has 1 aliphatic rings. The topological polar surface area (TPSA) is 57.5 Å². The smallest absolute Gasteiger partial charge is 0.335 e. The zero-order chi connectivity index (χ0) is 15.7. The Kier molecular flexibility index (Phi) is 3.72. The monoisotopic (exact) mass is 294 g/mol. The van der Waals surface area contributed by atoms with E-state index >= 15 is 0 Å². The van der Waals surface area contributed by atoms with Gasteiger partial charge in [-0.3, -0.25) is 0 Å². The first-order chi connectivity index (χ1) is 10.6. The molecule has 0 aliphatic heterocycles. The number of rotatable bonds is 2. The predicted octanol–water partition coefficient (Wildman–Crippen LogP) is 4.35. The molecule has 22 heavy (non-hydrogen) atoms. The molecule has 2 aromatic carbocycles. The molecular weight excluding hydrogens is 276 g/mol. The Hall–Kier alpha value is -2.55. The van der Waals surface area contributed by atoms with E-state index in [1.807, 2.05) is 49.4 Å². The van der Waals surface area contributed by atoms with Gasteiger partial charge in [-0.15, -0.1) is 0 Å². The fourth-order valence-corrected chi connectivity index (χ4v) is 2.89. The van der Waals surface area contributed by atoms with Gasteiger partial charge >= 0.3 is 5.97 Å². The van der Waals surface area contributed by atoms with E-state index in [1.54, 1.807) is 0 Å². The number of carboxylic acids is 1. The number of aliphatic carboxylic acids is 1. The SMILES string of the molecule is Cc1ccc(-c2ccc3c(c2)C(O)=C(C(=O)O)CCC3)cc1. The minimum Gasteiger partial charge on any atom is -0.507 e. The first-order valence-corrected chi connectivity index (χ1v) is 7.42. The van der Waals surface area contributed by atoms with E-state index in [4.69, 9.17) is 0 Å². The van der Waals surface area contributed by atoms with Crippen LogP contribution in [0.2, 0.25) is 0 Å². The lowest BCUT2D eigenvalue weighted by Crippen LogP contribution is -2.03. The van der Waals surface area contributed by atoms with Crippen molar-refractivity contribution in [3.05, 3.63) is 64.7 Å². The van der Waals surface area contributed by atoms with Gasteiger partial charge in [-0.1, -0.05) is 42.0 Å². The van der Waals surface area contributed by atoms with Crippen molar-refractivity contribution < 1.29 is 15.0 Å². The van der Waals surface area contributed by atoms with Gasteiger partial charge in [0.25, 0.3) is 0 Å². The second kappa shape index (κ2) is 5.68. The first kappa shape index (κ1) is 14.4. The summed E-state index contributed by atoms with van der Waals surface area (Å²) in [6, 6.07) is 14.1. The number of aryl methyl sites for hydroxylation is 2. The third-order valence-electron chi connectivity index (χ3n) is 4.17. The van der Waals surface area contributed by atoms with Crippen molar-refractivity contribution in [3.8, 4) is 11.1 Å². The van der Waals surface area contributed by atoms with Crippen molar-refractivity contribution in [1.82, 2.24) is 0 Å². The van der Waals surface area contributed by atoms with E-state index in [1.165, 1.54) is 5.56 Å². The molecule has 3 nitrogen and oxygen atoms in total. The van der Waals surface area contributed by atoms with Gasteiger partial charge in [-0.05, 0) is 48.9 Å². The van der Waals surface area contributed by atoms with E-state index in [2.05, 4.69) is 0 Å². The molecule has 0 saturated heterocycles. The van der Waals surface area contributed by atoms with Crippen molar-refractivity contribution in [2.75, 3.05) is 0 Å². The number of aliphatic hydroxyl groups is 1. The van der Waals surface area contributed by atoms with Crippen LogP contribution in [-0.4, -0.2) is 16.2 Å². The van der Waals surface area contributed by atoms with Crippen LogP contribution in [0.5, 0.6) is 0 Å². The van der Waals surface area contributed by atoms with E-state index in [-0.39, 0.29) is 11.3 Å². The fraction of sp³-hybridized carbons (Fsp3) is 0.211. The number of benzene rings is 2. The standard InChI is InChI=1S/C19H18O3/c1-12-5-7-13(8-6-12)15-10-9-14-3-2-4-16(19(21)22)18(20)17(14)11-15/h5-11,20H,2-4H2,1H3,(H,21,22). The summed E-state index contributed by atoms with van der Waals surface area (Å²) in [5.74, 6) is -1.12. The third kappa shape index (κ3) is 2.62. The van der Waals surface area contributed by atoms with Gasteiger partial charge in [-0.2, -0.15) is 0 Å². The molecule has 0 bridgehead atoms. The van der Waals surface area contributed by atoms with Gasteiger partial charge in [-0.25, -0.2) is 4.79 Å². The number of aliphatic hydroxyl groups excluding tert-OH is 1. The molecule has 0 spiro atoms. The Labute approximate surface area is 129 Å². The summed E-state index contributed by atoms with van der Waals surface area (Å²) in [4.78, 5) is 11.3. The molecule has 2 N–H and O–H groups in total. The number of hydrogen-bond acceptors (Lipinski definition) is 2. The Morgan fingerprint density at radius 3 is 2.36 bits per heavy atom. The highest BCUT2D eigenvalue weighted by atomic mass is 16.4. The molecule has 0 aromatic heterocycles. The molecular formula is C19H18O3. The van der Waals surface area contributed by atoms with E-state index in [0.29, 0.717) is 12.0 Å². The van der Waals surface area contributed by atoms with Crippen molar-refractivity contribution in [1.29, 1.82) is 0 Å². The third-order valence-corrected chi connectivity index (χ3v) is 4.17. The Morgan fingerprint density at radius 2 is 1.68 bits per heavy atom. The van der Waals surface area contributed by atoms with Crippen LogP contribution >= 0.6 is 0 Å². The average molecular weight is 294 g/mol. The quantitative estimate of drug-likeness (QED) is 0.865. The minimum atomic E-state index is -1.04. The zero-order valence-corrected chi connectivity index (χ0v) is 12.5. The number of carboxylic acid groups (broad SMARTS) is 1. The average Bonchev–Trinajstić information content (AvgIpc) is 2.67. The number of carbonyl (C=O) groups is 1. The normalized spacial score (nSPS) is 14.4. The fourth-order valence-electron chi connectivity index (χ4n) is 2.89. The number of hydrogen-bond donors (Lipinski definition) is 2. The summed E-state index contributed by atoms with van der Waals surface area (Å²) in [7, 11) is 0. The van der Waals surface area contributed by atoms with Crippen LogP contribution in [0.1, 0.15) is 29.5 Å². The second-order valence-corrected chi connectivity index (χ2v) is 5.72. The molecule has 0 heterocycles. The molecule has 0 atom stereocenters. The summed E-state index contributed by atoms with van der Waals surface area (Å²) in [6.45, 7) is 2.04. The van der Waals surface area contributed by atoms with Gasteiger partial charge in [0.1, 0.15) is 5.76 Å². The minimum absolute atomic E-state index is 0.0889. The second-order valence-electron chi connectivity index (χ2n) is 5.72. The molecule has 0 radical (unpaired) electrons. The summed E-state index contributed by atoms with van der Waals surface area (Å²) in [5.41, 5.74) is 4.99. The van der Waals surface area contributed by atoms with Gasteiger partial charge < -0.3 is 10.2 Å². The highest BCUT2D eigenvalue weighted by Crippen LogP contribution is 2.32. The van der Waals surface area contributed by atoms with Crippen LogP contribution in [0.3, 0.4) is 0 Å². The Morgan fingerprint density at radius 1 is 1.00 bits per heavy atom. The Balaban J connectivity index is 2.12. The highest BCUT2D eigenvalue weighted by molar-refractivity contribution is 5.95. The van der Waals surface area contributed by atoms with Gasteiger partial charge in [0, 0.05) is 5.56 Å². The molecule has 3 heteroatoms. The van der Waals surface area contributed by atoms with Crippen LogP contribution in [0.4, 0.5) is 0 Å². The van der Waals surface area contributed by atoms with Crippen molar-refractivity contribution in [3.63, 3.8) is 0 Å². The van der Waals surface area contributed by atoms with E-state index in [0.717, 1.165) is 29.5 Å². The summed E-state index contributed by atoms with van der Waals surface area (Å²) >= 11 is 0. The predicted molar refractivity (Wildman–Crippen MR) is 86.7 cm³/mol. The van der Waals surface area contributed by atoms with Gasteiger partial charge in [0.15, 0.2) is 0 Å². The largest absolute Gasteiger partial charge is 0.507 e. The maximum absolute atomic E-state index is 11.3. The van der Waals surface area contributed by atoms with E-state index in [9.17, 15) is 15.0 Å². The Bertz CT molecular complexity index is 755. The van der Waals surface area contributed by atoms with Crippen LogP contribution < -0.4 is 0 Å². The summed E-state index contributed by atoms with van der Waals surface area (Å²) in [5, 5.41) is 19.6.